The van der Waals surface area contributed by atoms with Crippen molar-refractivity contribution < 1.29 is 9.59 Å². The average Bonchev–Trinajstić information content (AvgIpc) is 2.56. The van der Waals surface area contributed by atoms with Gasteiger partial charge in [-0.25, -0.2) is 0 Å². The first-order chi connectivity index (χ1) is 10.6. The van der Waals surface area contributed by atoms with Crippen molar-refractivity contribution in [2.24, 2.45) is 7.05 Å². The molecule has 1 heterocycles. The van der Waals surface area contributed by atoms with Crippen LogP contribution >= 0.6 is 0 Å². The predicted molar refractivity (Wildman–Crippen MR) is 82.5 cm³/mol. The zero-order valence-electron chi connectivity index (χ0n) is 11.8. The fraction of sp³-hybridized carbons (Fsp3) is 0.0556. The Hall–Kier alpha value is -3.01. The molecule has 0 fully saturated rings. The molecule has 106 valence electrons. The number of para-hydroxylation sites is 1. The van der Waals surface area contributed by atoms with Crippen LogP contribution in [0.25, 0.3) is 10.9 Å². The van der Waals surface area contributed by atoms with Crippen molar-refractivity contribution >= 4 is 22.5 Å². The highest BCUT2D eigenvalue weighted by atomic mass is 16.1. The number of carbonyl (C=O) groups is 2. The summed E-state index contributed by atoms with van der Waals surface area (Å²) in [6, 6.07) is 13.6. The molecule has 4 heteroatoms. The number of rotatable bonds is 0. The molecule has 0 atom stereocenters. The van der Waals surface area contributed by atoms with E-state index in [1.54, 1.807) is 60.1 Å². The van der Waals surface area contributed by atoms with Gasteiger partial charge in [-0.3, -0.25) is 14.4 Å². The maximum atomic E-state index is 12.8. The topological polar surface area (TPSA) is 56.1 Å². The smallest absolute Gasteiger partial charge is 0.211 e. The third kappa shape index (κ3) is 1.44. The summed E-state index contributed by atoms with van der Waals surface area (Å²) in [6.07, 6.45) is 0. The van der Waals surface area contributed by atoms with E-state index in [1.807, 2.05) is 0 Å². The van der Waals surface area contributed by atoms with Crippen LogP contribution in [0.15, 0.2) is 53.3 Å². The highest BCUT2D eigenvalue weighted by Crippen LogP contribution is 2.27. The lowest BCUT2D eigenvalue weighted by Crippen LogP contribution is -2.32. The molecule has 0 aliphatic heterocycles. The predicted octanol–water partition coefficient (Wildman–Crippen LogP) is 2.31. The van der Waals surface area contributed by atoms with Gasteiger partial charge in [-0.2, -0.15) is 0 Å². The van der Waals surface area contributed by atoms with Gasteiger partial charge in [0.15, 0.2) is 5.78 Å². The number of hydrogen-bond acceptors (Lipinski definition) is 3. The van der Waals surface area contributed by atoms with E-state index in [4.69, 9.17) is 0 Å². The van der Waals surface area contributed by atoms with Gasteiger partial charge in [-0.1, -0.05) is 36.4 Å². The van der Waals surface area contributed by atoms with Gasteiger partial charge >= 0.3 is 0 Å². The van der Waals surface area contributed by atoms with Crippen molar-refractivity contribution in [3.63, 3.8) is 0 Å². The molecule has 1 aliphatic rings. The summed E-state index contributed by atoms with van der Waals surface area (Å²) < 4.78 is 1.64. The minimum atomic E-state index is -0.378. The first-order valence-electron chi connectivity index (χ1n) is 6.91. The number of aryl methyl sites for hydroxylation is 1. The molecule has 0 unspecified atom stereocenters. The zero-order valence-corrected chi connectivity index (χ0v) is 11.8. The van der Waals surface area contributed by atoms with Gasteiger partial charge in [0.25, 0.3) is 0 Å². The molecule has 0 saturated carbocycles. The molecular formula is C18H11NO3. The standard InChI is InChI=1S/C18H11NO3/c1-19-13-9-5-4-8-12(13)17(21)14-15(19)18(22)11-7-3-2-6-10(11)16(14)20/h2-9H,1H3. The molecule has 1 aliphatic carbocycles. The number of pyridine rings is 1. The zero-order chi connectivity index (χ0) is 15.4. The molecule has 1 aromatic heterocycles. The Bertz CT molecular complexity index is 1040. The minimum absolute atomic E-state index is 0.0232. The van der Waals surface area contributed by atoms with Crippen LogP contribution in [0.2, 0.25) is 0 Å². The van der Waals surface area contributed by atoms with Crippen LogP contribution in [0.1, 0.15) is 32.0 Å². The SMILES string of the molecule is Cn1c2c(c(=O)c3ccccc31)C(=O)c1ccccc1C2=O. The van der Waals surface area contributed by atoms with Crippen LogP contribution in [0.5, 0.6) is 0 Å². The largest absolute Gasteiger partial charge is 0.340 e. The molecule has 0 saturated heterocycles. The summed E-state index contributed by atoms with van der Waals surface area (Å²) in [7, 11) is 1.71. The number of benzene rings is 2. The van der Waals surface area contributed by atoms with Crippen LogP contribution in [0.4, 0.5) is 0 Å². The Labute approximate surface area is 125 Å². The van der Waals surface area contributed by atoms with E-state index in [9.17, 15) is 14.4 Å². The summed E-state index contributed by atoms with van der Waals surface area (Å²) in [5.74, 6) is -0.660. The van der Waals surface area contributed by atoms with E-state index < -0.39 is 0 Å². The van der Waals surface area contributed by atoms with Gasteiger partial charge in [-0.05, 0) is 12.1 Å². The molecular weight excluding hydrogens is 278 g/mol. The highest BCUT2D eigenvalue weighted by Gasteiger charge is 2.34. The number of carbonyl (C=O) groups excluding carboxylic acids is 2. The Balaban J connectivity index is 2.22. The molecule has 4 nitrogen and oxygen atoms in total. The van der Waals surface area contributed by atoms with Crippen molar-refractivity contribution in [2.75, 3.05) is 0 Å². The van der Waals surface area contributed by atoms with Gasteiger partial charge in [0.1, 0.15) is 5.69 Å². The van der Waals surface area contributed by atoms with Gasteiger partial charge in [0.05, 0.1) is 11.1 Å². The van der Waals surface area contributed by atoms with Crippen molar-refractivity contribution in [2.45, 2.75) is 0 Å². The van der Waals surface area contributed by atoms with Gasteiger partial charge < -0.3 is 4.57 Å². The molecule has 4 rings (SSSR count). The van der Waals surface area contributed by atoms with Crippen LogP contribution in [-0.4, -0.2) is 16.1 Å². The second-order valence-electron chi connectivity index (χ2n) is 5.33. The first kappa shape index (κ1) is 12.7. The molecule has 2 aromatic carbocycles. The third-order valence-electron chi connectivity index (χ3n) is 4.17. The van der Waals surface area contributed by atoms with E-state index in [-0.39, 0.29) is 28.3 Å². The Morgan fingerprint density at radius 3 is 2.09 bits per heavy atom. The van der Waals surface area contributed by atoms with Crippen molar-refractivity contribution in [1.82, 2.24) is 4.57 Å². The quantitative estimate of drug-likeness (QED) is 0.499. The number of nitrogens with zero attached hydrogens (tertiary/aromatic N) is 1. The van der Waals surface area contributed by atoms with Crippen LogP contribution in [-0.2, 0) is 7.05 Å². The molecule has 0 amide bonds. The molecule has 22 heavy (non-hydrogen) atoms. The monoisotopic (exact) mass is 289 g/mol. The highest BCUT2D eigenvalue weighted by molar-refractivity contribution is 6.28. The Morgan fingerprint density at radius 2 is 1.36 bits per heavy atom. The van der Waals surface area contributed by atoms with Crippen LogP contribution < -0.4 is 5.43 Å². The number of ketones is 2. The van der Waals surface area contributed by atoms with E-state index >= 15 is 0 Å². The maximum Gasteiger partial charge on any atom is 0.211 e. The fourth-order valence-electron chi connectivity index (χ4n) is 3.11. The fourth-order valence-corrected chi connectivity index (χ4v) is 3.11. The minimum Gasteiger partial charge on any atom is -0.340 e. The van der Waals surface area contributed by atoms with Crippen molar-refractivity contribution in [1.29, 1.82) is 0 Å². The Kier molecular flexibility index (Phi) is 2.45. The lowest BCUT2D eigenvalue weighted by atomic mass is 9.86. The van der Waals surface area contributed by atoms with Gasteiger partial charge in [-0.15, -0.1) is 0 Å². The van der Waals surface area contributed by atoms with E-state index in [1.165, 1.54) is 0 Å². The van der Waals surface area contributed by atoms with Crippen LogP contribution in [0, 0.1) is 0 Å². The number of aromatic nitrogens is 1. The normalized spacial score (nSPS) is 13.1. The summed E-state index contributed by atoms with van der Waals surface area (Å²) in [5.41, 5.74) is 1.07. The molecule has 0 radical (unpaired) electrons. The lowest BCUT2D eigenvalue weighted by Gasteiger charge is -2.21. The number of fused-ring (bicyclic) bond motifs is 3. The second-order valence-corrected chi connectivity index (χ2v) is 5.33. The molecule has 3 aromatic rings. The molecule has 0 spiro atoms. The van der Waals surface area contributed by atoms with Gasteiger partial charge in [0, 0.05) is 23.6 Å². The second kappa shape index (κ2) is 4.24. The summed E-state index contributed by atoms with van der Waals surface area (Å²) >= 11 is 0. The molecule has 0 N–H and O–H groups in total. The first-order valence-corrected chi connectivity index (χ1v) is 6.91. The van der Waals surface area contributed by atoms with Crippen molar-refractivity contribution in [3.05, 3.63) is 81.1 Å². The molecule has 0 bridgehead atoms. The third-order valence-corrected chi connectivity index (χ3v) is 4.17. The summed E-state index contributed by atoms with van der Waals surface area (Å²) in [5, 5.41) is 0.448. The Morgan fingerprint density at radius 1 is 0.773 bits per heavy atom. The summed E-state index contributed by atoms with van der Waals surface area (Å²) in [6.45, 7) is 0. The van der Waals surface area contributed by atoms with E-state index in [0.29, 0.717) is 22.0 Å². The van der Waals surface area contributed by atoms with Crippen LogP contribution in [0.3, 0.4) is 0 Å². The van der Waals surface area contributed by atoms with Crippen molar-refractivity contribution in [3.8, 4) is 0 Å². The van der Waals surface area contributed by atoms with E-state index in [0.717, 1.165) is 0 Å². The maximum absolute atomic E-state index is 12.8. The average molecular weight is 289 g/mol. The van der Waals surface area contributed by atoms with Gasteiger partial charge in [0.2, 0.25) is 11.2 Å². The summed E-state index contributed by atoms with van der Waals surface area (Å²) in [4.78, 5) is 38.2. The number of hydrogen-bond donors (Lipinski definition) is 0. The lowest BCUT2D eigenvalue weighted by molar-refractivity contribution is 0.0972. The van der Waals surface area contributed by atoms with E-state index in [2.05, 4.69) is 0 Å².